The Morgan fingerprint density at radius 1 is 1.47 bits per heavy atom. The Hall–Kier alpha value is -0.940. The summed E-state index contributed by atoms with van der Waals surface area (Å²) in [5.41, 5.74) is 4.00. The van der Waals surface area contributed by atoms with Crippen LogP contribution in [-0.2, 0) is 7.05 Å². The molecule has 2 rings (SSSR count). The molecule has 5 heteroatoms. The van der Waals surface area contributed by atoms with E-state index in [1.807, 2.05) is 7.05 Å². The zero-order valence-electron chi connectivity index (χ0n) is 9.19. The first kappa shape index (κ1) is 10.6. The van der Waals surface area contributed by atoms with E-state index in [0.29, 0.717) is 5.92 Å². The van der Waals surface area contributed by atoms with Crippen molar-refractivity contribution in [3.05, 3.63) is 11.9 Å². The van der Waals surface area contributed by atoms with Gasteiger partial charge in [0.25, 0.3) is 0 Å². The SMILES string of the molecule is Cn1nncc1C(NN)C1CCCCC1. The zero-order chi connectivity index (χ0) is 10.7. The molecule has 1 aliphatic rings. The third kappa shape index (κ3) is 2.18. The Kier molecular flexibility index (Phi) is 3.33. The van der Waals surface area contributed by atoms with Gasteiger partial charge in [0.2, 0.25) is 0 Å². The molecule has 3 N–H and O–H groups in total. The minimum atomic E-state index is 0.199. The number of nitrogens with two attached hydrogens (primary N) is 1. The lowest BCUT2D eigenvalue weighted by molar-refractivity contribution is 0.265. The molecular formula is C10H19N5. The summed E-state index contributed by atoms with van der Waals surface area (Å²) in [6.07, 6.45) is 8.29. The molecule has 1 saturated carbocycles. The summed E-state index contributed by atoms with van der Waals surface area (Å²) < 4.78 is 1.80. The average molecular weight is 209 g/mol. The van der Waals surface area contributed by atoms with Crippen molar-refractivity contribution in [2.75, 3.05) is 0 Å². The molecule has 0 spiro atoms. The van der Waals surface area contributed by atoms with Crippen molar-refractivity contribution in [2.45, 2.75) is 38.1 Å². The van der Waals surface area contributed by atoms with Gasteiger partial charge in [-0.2, -0.15) is 0 Å². The molecule has 0 bridgehead atoms. The van der Waals surface area contributed by atoms with E-state index >= 15 is 0 Å². The van der Waals surface area contributed by atoms with E-state index in [2.05, 4.69) is 15.7 Å². The van der Waals surface area contributed by atoms with E-state index in [0.717, 1.165) is 5.69 Å². The maximum absolute atomic E-state index is 5.64. The molecule has 1 aromatic heterocycles. The van der Waals surface area contributed by atoms with Crippen molar-refractivity contribution in [3.63, 3.8) is 0 Å². The van der Waals surface area contributed by atoms with Gasteiger partial charge in [-0.1, -0.05) is 24.5 Å². The predicted octanol–water partition coefficient (Wildman–Crippen LogP) is 0.900. The first-order valence-corrected chi connectivity index (χ1v) is 5.63. The van der Waals surface area contributed by atoms with Crippen LogP contribution in [0.3, 0.4) is 0 Å². The molecule has 1 atom stereocenters. The fourth-order valence-corrected chi connectivity index (χ4v) is 2.51. The van der Waals surface area contributed by atoms with Crippen molar-refractivity contribution >= 4 is 0 Å². The molecule has 1 aliphatic carbocycles. The first-order chi connectivity index (χ1) is 7.33. The highest BCUT2D eigenvalue weighted by molar-refractivity contribution is 5.03. The second kappa shape index (κ2) is 4.72. The number of rotatable bonds is 3. The fourth-order valence-electron chi connectivity index (χ4n) is 2.51. The lowest BCUT2D eigenvalue weighted by Crippen LogP contribution is -2.35. The summed E-state index contributed by atoms with van der Waals surface area (Å²) in [7, 11) is 1.91. The molecule has 0 aliphatic heterocycles. The number of nitrogens with zero attached hydrogens (tertiary/aromatic N) is 3. The standard InChI is InChI=1S/C10H19N5/c1-15-9(7-12-14-15)10(13-11)8-5-3-2-4-6-8/h7-8,10,13H,2-6,11H2,1H3. The van der Waals surface area contributed by atoms with Crippen molar-refractivity contribution in [1.29, 1.82) is 0 Å². The number of hydrogen-bond donors (Lipinski definition) is 2. The van der Waals surface area contributed by atoms with Gasteiger partial charge in [-0.3, -0.25) is 16.0 Å². The van der Waals surface area contributed by atoms with E-state index < -0.39 is 0 Å². The maximum atomic E-state index is 5.64. The van der Waals surface area contributed by atoms with Crippen LogP contribution in [0.4, 0.5) is 0 Å². The van der Waals surface area contributed by atoms with E-state index in [-0.39, 0.29) is 6.04 Å². The highest BCUT2D eigenvalue weighted by Gasteiger charge is 2.26. The Labute approximate surface area is 90.0 Å². The van der Waals surface area contributed by atoms with Gasteiger partial charge in [-0.15, -0.1) is 5.10 Å². The highest BCUT2D eigenvalue weighted by atomic mass is 15.4. The Bertz CT molecular complexity index is 303. The topological polar surface area (TPSA) is 68.8 Å². The summed E-state index contributed by atoms with van der Waals surface area (Å²) in [5.74, 6) is 6.27. The van der Waals surface area contributed by atoms with Crippen LogP contribution in [0.25, 0.3) is 0 Å². The Morgan fingerprint density at radius 3 is 2.73 bits per heavy atom. The minimum absolute atomic E-state index is 0.199. The van der Waals surface area contributed by atoms with Crippen molar-refractivity contribution in [1.82, 2.24) is 20.4 Å². The summed E-state index contributed by atoms with van der Waals surface area (Å²) >= 11 is 0. The van der Waals surface area contributed by atoms with Crippen LogP contribution in [0, 0.1) is 5.92 Å². The van der Waals surface area contributed by atoms with Crippen LogP contribution < -0.4 is 11.3 Å². The lowest BCUT2D eigenvalue weighted by Gasteiger charge is -2.29. The molecule has 0 amide bonds. The maximum Gasteiger partial charge on any atom is 0.0769 e. The van der Waals surface area contributed by atoms with Gasteiger partial charge in [0, 0.05) is 7.05 Å². The van der Waals surface area contributed by atoms with Gasteiger partial charge in [-0.25, -0.2) is 0 Å². The van der Waals surface area contributed by atoms with Gasteiger partial charge in [0.15, 0.2) is 0 Å². The number of nitrogens with one attached hydrogen (secondary N) is 1. The first-order valence-electron chi connectivity index (χ1n) is 5.63. The van der Waals surface area contributed by atoms with E-state index in [1.165, 1.54) is 32.1 Å². The second-order valence-electron chi connectivity index (χ2n) is 4.32. The molecular weight excluding hydrogens is 190 g/mol. The quantitative estimate of drug-likeness (QED) is 0.573. The van der Waals surface area contributed by atoms with Crippen molar-refractivity contribution in [3.8, 4) is 0 Å². The summed E-state index contributed by atoms with van der Waals surface area (Å²) in [6.45, 7) is 0. The molecule has 1 heterocycles. The molecule has 0 aromatic carbocycles. The molecule has 1 fully saturated rings. The van der Waals surface area contributed by atoms with Crippen molar-refractivity contribution in [2.24, 2.45) is 18.8 Å². The predicted molar refractivity (Wildman–Crippen MR) is 57.6 cm³/mol. The molecule has 5 nitrogen and oxygen atoms in total. The summed E-state index contributed by atoms with van der Waals surface area (Å²) in [6, 6.07) is 0.199. The minimum Gasteiger partial charge on any atom is -0.271 e. The van der Waals surface area contributed by atoms with Gasteiger partial charge in [0.05, 0.1) is 17.9 Å². The van der Waals surface area contributed by atoms with Crippen LogP contribution in [0.2, 0.25) is 0 Å². The normalized spacial score (nSPS) is 20.4. The number of hydrogen-bond acceptors (Lipinski definition) is 4. The summed E-state index contributed by atoms with van der Waals surface area (Å²) in [5, 5.41) is 7.85. The van der Waals surface area contributed by atoms with Gasteiger partial charge in [-0.05, 0) is 18.8 Å². The average Bonchev–Trinajstić information content (AvgIpc) is 2.68. The molecule has 1 unspecified atom stereocenters. The van der Waals surface area contributed by atoms with E-state index in [9.17, 15) is 0 Å². The van der Waals surface area contributed by atoms with Crippen LogP contribution in [0.15, 0.2) is 6.20 Å². The fraction of sp³-hybridized carbons (Fsp3) is 0.800. The van der Waals surface area contributed by atoms with Crippen LogP contribution in [0.1, 0.15) is 43.8 Å². The Morgan fingerprint density at radius 2 is 2.20 bits per heavy atom. The van der Waals surface area contributed by atoms with Crippen LogP contribution in [-0.4, -0.2) is 15.0 Å². The molecule has 1 aromatic rings. The van der Waals surface area contributed by atoms with E-state index in [1.54, 1.807) is 10.9 Å². The number of hydrazine groups is 1. The highest BCUT2D eigenvalue weighted by Crippen LogP contribution is 2.33. The van der Waals surface area contributed by atoms with Gasteiger partial charge < -0.3 is 0 Å². The monoisotopic (exact) mass is 209 g/mol. The molecule has 15 heavy (non-hydrogen) atoms. The molecule has 0 saturated heterocycles. The number of aromatic nitrogens is 3. The van der Waals surface area contributed by atoms with Crippen molar-refractivity contribution < 1.29 is 0 Å². The van der Waals surface area contributed by atoms with E-state index in [4.69, 9.17) is 5.84 Å². The number of aryl methyl sites for hydroxylation is 1. The molecule has 0 radical (unpaired) electrons. The molecule has 84 valence electrons. The zero-order valence-corrected chi connectivity index (χ0v) is 9.19. The summed E-state index contributed by atoms with van der Waals surface area (Å²) in [4.78, 5) is 0. The lowest BCUT2D eigenvalue weighted by atomic mass is 9.83. The largest absolute Gasteiger partial charge is 0.271 e. The second-order valence-corrected chi connectivity index (χ2v) is 4.32. The third-order valence-electron chi connectivity index (χ3n) is 3.37. The van der Waals surface area contributed by atoms with Crippen LogP contribution >= 0.6 is 0 Å². The third-order valence-corrected chi connectivity index (χ3v) is 3.37. The van der Waals surface area contributed by atoms with Gasteiger partial charge in [0.1, 0.15) is 0 Å². The van der Waals surface area contributed by atoms with Gasteiger partial charge >= 0.3 is 0 Å². The Balaban J connectivity index is 2.12. The smallest absolute Gasteiger partial charge is 0.0769 e. The van der Waals surface area contributed by atoms with Crippen LogP contribution in [0.5, 0.6) is 0 Å².